The van der Waals surface area contributed by atoms with Crippen molar-refractivity contribution >= 4 is 28.3 Å². The first-order valence-electron chi connectivity index (χ1n) is 9.83. The number of nitrogens with zero attached hydrogens (tertiary/aromatic N) is 2. The second kappa shape index (κ2) is 8.78. The van der Waals surface area contributed by atoms with Crippen molar-refractivity contribution in [2.75, 3.05) is 30.4 Å². The van der Waals surface area contributed by atoms with Crippen LogP contribution in [0.15, 0.2) is 36.4 Å². The van der Waals surface area contributed by atoms with E-state index in [1.807, 2.05) is 37.3 Å². The van der Waals surface area contributed by atoms with Gasteiger partial charge in [-0.25, -0.2) is 4.98 Å². The zero-order chi connectivity index (χ0) is 20.1. The molecule has 0 saturated carbocycles. The standard InChI is InChI=1S/C22H28N4O2/c1-5-10-21(27)23-18-13-16-17(14-19(18)26(6-2)7-3)25-22(24-16)15-11-8-9-12-20(15)28-4/h8-9,11-14H,5-7,10H2,1-4H3,(H,23,27)(H,24,25). The van der Waals surface area contributed by atoms with Crippen LogP contribution in [0.3, 0.4) is 0 Å². The van der Waals surface area contributed by atoms with Gasteiger partial charge in [-0.3, -0.25) is 4.79 Å². The van der Waals surface area contributed by atoms with E-state index in [1.165, 1.54) is 0 Å². The van der Waals surface area contributed by atoms with Gasteiger partial charge in [0.15, 0.2) is 0 Å². The zero-order valence-corrected chi connectivity index (χ0v) is 17.0. The van der Waals surface area contributed by atoms with Crippen molar-refractivity contribution in [1.29, 1.82) is 0 Å². The van der Waals surface area contributed by atoms with Crippen molar-refractivity contribution in [3.05, 3.63) is 36.4 Å². The summed E-state index contributed by atoms with van der Waals surface area (Å²) in [5.74, 6) is 1.53. The number of para-hydroxylation sites is 1. The second-order valence-corrected chi connectivity index (χ2v) is 6.64. The van der Waals surface area contributed by atoms with Gasteiger partial charge in [-0.2, -0.15) is 0 Å². The highest BCUT2D eigenvalue weighted by Gasteiger charge is 2.16. The minimum absolute atomic E-state index is 0.0238. The molecule has 0 saturated heterocycles. The van der Waals surface area contributed by atoms with Gasteiger partial charge in [0.25, 0.3) is 0 Å². The van der Waals surface area contributed by atoms with Crippen LogP contribution in [0.4, 0.5) is 11.4 Å². The van der Waals surface area contributed by atoms with Crippen LogP contribution in [-0.4, -0.2) is 36.1 Å². The number of aromatic nitrogens is 2. The summed E-state index contributed by atoms with van der Waals surface area (Å²) in [5.41, 5.74) is 4.44. The minimum atomic E-state index is 0.0238. The van der Waals surface area contributed by atoms with Gasteiger partial charge in [-0.05, 0) is 44.5 Å². The number of amides is 1. The highest BCUT2D eigenvalue weighted by atomic mass is 16.5. The number of nitrogens with one attached hydrogen (secondary N) is 2. The molecule has 0 spiro atoms. The van der Waals surface area contributed by atoms with Crippen LogP contribution >= 0.6 is 0 Å². The molecule has 0 aliphatic heterocycles. The number of hydrogen-bond acceptors (Lipinski definition) is 4. The molecule has 28 heavy (non-hydrogen) atoms. The Bertz CT molecular complexity index is 960. The second-order valence-electron chi connectivity index (χ2n) is 6.64. The minimum Gasteiger partial charge on any atom is -0.496 e. The molecule has 0 atom stereocenters. The third kappa shape index (κ3) is 3.96. The normalized spacial score (nSPS) is 10.9. The average Bonchev–Trinajstić information content (AvgIpc) is 3.11. The molecule has 148 valence electrons. The summed E-state index contributed by atoms with van der Waals surface area (Å²) in [4.78, 5) is 22.6. The molecule has 0 fully saturated rings. The van der Waals surface area contributed by atoms with E-state index in [0.29, 0.717) is 6.42 Å². The molecule has 1 heterocycles. The summed E-state index contributed by atoms with van der Waals surface area (Å²) >= 11 is 0. The van der Waals surface area contributed by atoms with Crippen molar-refractivity contribution in [1.82, 2.24) is 9.97 Å². The first kappa shape index (κ1) is 19.7. The molecule has 1 amide bonds. The van der Waals surface area contributed by atoms with Gasteiger partial charge in [0, 0.05) is 19.5 Å². The van der Waals surface area contributed by atoms with Gasteiger partial charge in [-0.15, -0.1) is 0 Å². The number of carbonyl (C=O) groups excluding carboxylic acids is 1. The Morgan fingerprint density at radius 2 is 1.93 bits per heavy atom. The molecule has 0 bridgehead atoms. The lowest BCUT2D eigenvalue weighted by Crippen LogP contribution is -2.24. The van der Waals surface area contributed by atoms with E-state index in [-0.39, 0.29) is 5.91 Å². The number of rotatable bonds is 8. The Labute approximate surface area is 165 Å². The van der Waals surface area contributed by atoms with Crippen LogP contribution in [0.1, 0.15) is 33.6 Å². The van der Waals surface area contributed by atoms with Crippen LogP contribution in [0.5, 0.6) is 5.75 Å². The van der Waals surface area contributed by atoms with Crippen molar-refractivity contribution in [2.45, 2.75) is 33.6 Å². The zero-order valence-electron chi connectivity index (χ0n) is 17.0. The predicted molar refractivity (Wildman–Crippen MR) is 115 cm³/mol. The maximum Gasteiger partial charge on any atom is 0.224 e. The number of methoxy groups -OCH3 is 1. The van der Waals surface area contributed by atoms with Crippen LogP contribution in [0.25, 0.3) is 22.4 Å². The lowest BCUT2D eigenvalue weighted by Gasteiger charge is -2.24. The van der Waals surface area contributed by atoms with Crippen LogP contribution in [0, 0.1) is 0 Å². The number of H-pyrrole nitrogens is 1. The fraction of sp³-hybridized carbons (Fsp3) is 0.364. The highest BCUT2D eigenvalue weighted by molar-refractivity contribution is 5.99. The topological polar surface area (TPSA) is 70.2 Å². The van der Waals surface area contributed by atoms with Crippen molar-refractivity contribution < 1.29 is 9.53 Å². The van der Waals surface area contributed by atoms with E-state index >= 15 is 0 Å². The van der Waals surface area contributed by atoms with Gasteiger partial charge in [0.05, 0.1) is 35.1 Å². The fourth-order valence-corrected chi connectivity index (χ4v) is 3.38. The maximum atomic E-state index is 12.2. The summed E-state index contributed by atoms with van der Waals surface area (Å²) in [7, 11) is 1.65. The number of carbonyl (C=O) groups is 1. The molecule has 3 rings (SSSR count). The van der Waals surface area contributed by atoms with E-state index < -0.39 is 0 Å². The van der Waals surface area contributed by atoms with E-state index in [1.54, 1.807) is 7.11 Å². The molecule has 6 heteroatoms. The number of benzene rings is 2. The Morgan fingerprint density at radius 1 is 1.18 bits per heavy atom. The molecule has 6 nitrogen and oxygen atoms in total. The van der Waals surface area contributed by atoms with Gasteiger partial charge >= 0.3 is 0 Å². The first-order valence-corrected chi connectivity index (χ1v) is 9.83. The molecule has 2 aromatic carbocycles. The summed E-state index contributed by atoms with van der Waals surface area (Å²) in [6.07, 6.45) is 1.32. The number of fused-ring (bicyclic) bond motifs is 1. The Hall–Kier alpha value is -3.02. The molecular weight excluding hydrogens is 352 g/mol. The summed E-state index contributed by atoms with van der Waals surface area (Å²) in [5, 5.41) is 3.07. The van der Waals surface area contributed by atoms with Crippen molar-refractivity contribution in [2.24, 2.45) is 0 Å². The number of aromatic amines is 1. The largest absolute Gasteiger partial charge is 0.496 e. The van der Waals surface area contributed by atoms with E-state index in [4.69, 9.17) is 9.72 Å². The third-order valence-electron chi connectivity index (χ3n) is 4.82. The van der Waals surface area contributed by atoms with E-state index in [2.05, 4.69) is 35.1 Å². The smallest absolute Gasteiger partial charge is 0.224 e. The third-order valence-corrected chi connectivity index (χ3v) is 4.82. The van der Waals surface area contributed by atoms with Gasteiger partial charge in [0.2, 0.25) is 5.91 Å². The van der Waals surface area contributed by atoms with Crippen LogP contribution in [0.2, 0.25) is 0 Å². The lowest BCUT2D eigenvalue weighted by atomic mass is 10.2. The molecule has 0 aliphatic carbocycles. The average molecular weight is 380 g/mol. The molecular formula is C22H28N4O2. The predicted octanol–water partition coefficient (Wildman–Crippen LogP) is 4.82. The Morgan fingerprint density at radius 3 is 2.61 bits per heavy atom. The fourth-order valence-electron chi connectivity index (χ4n) is 3.38. The molecule has 2 N–H and O–H groups in total. The number of anilines is 2. The lowest BCUT2D eigenvalue weighted by molar-refractivity contribution is -0.116. The van der Waals surface area contributed by atoms with Gasteiger partial charge in [0.1, 0.15) is 11.6 Å². The van der Waals surface area contributed by atoms with E-state index in [9.17, 15) is 4.79 Å². The summed E-state index contributed by atoms with van der Waals surface area (Å²) < 4.78 is 5.47. The quantitative estimate of drug-likeness (QED) is 0.588. The van der Waals surface area contributed by atoms with E-state index in [0.717, 1.165) is 59.1 Å². The monoisotopic (exact) mass is 380 g/mol. The molecule has 0 unspecified atom stereocenters. The Balaban J connectivity index is 2.10. The van der Waals surface area contributed by atoms with Crippen molar-refractivity contribution in [3.8, 4) is 17.1 Å². The van der Waals surface area contributed by atoms with Crippen LogP contribution in [-0.2, 0) is 4.79 Å². The Kier molecular flexibility index (Phi) is 6.19. The summed E-state index contributed by atoms with van der Waals surface area (Å²) in [6.45, 7) is 7.93. The van der Waals surface area contributed by atoms with Crippen LogP contribution < -0.4 is 15.0 Å². The maximum absolute atomic E-state index is 12.2. The highest BCUT2D eigenvalue weighted by Crippen LogP contribution is 2.34. The number of hydrogen-bond donors (Lipinski definition) is 2. The molecule has 3 aromatic rings. The number of ether oxygens (including phenoxy) is 1. The molecule has 1 aromatic heterocycles. The molecule has 0 radical (unpaired) electrons. The van der Waals surface area contributed by atoms with Crippen molar-refractivity contribution in [3.63, 3.8) is 0 Å². The van der Waals surface area contributed by atoms with Gasteiger partial charge in [-0.1, -0.05) is 19.1 Å². The SMILES string of the molecule is CCCC(=O)Nc1cc2nc(-c3ccccc3OC)[nH]c2cc1N(CC)CC. The number of imidazole rings is 1. The molecule has 0 aliphatic rings. The first-order chi connectivity index (χ1) is 13.6. The summed E-state index contributed by atoms with van der Waals surface area (Å²) in [6, 6.07) is 11.8. The van der Waals surface area contributed by atoms with Gasteiger partial charge < -0.3 is 19.9 Å².